The van der Waals surface area contributed by atoms with Crippen molar-refractivity contribution in [2.75, 3.05) is 13.1 Å². The molecule has 1 aromatic heterocycles. The van der Waals surface area contributed by atoms with Crippen LogP contribution in [0, 0.1) is 5.92 Å². The maximum Gasteiger partial charge on any atom is 0.0524 e. The molecule has 1 aliphatic rings. The van der Waals surface area contributed by atoms with Gasteiger partial charge in [0.1, 0.15) is 0 Å². The fourth-order valence-corrected chi connectivity index (χ4v) is 1.84. The average Bonchev–Trinajstić information content (AvgIpc) is 2.78. The molecule has 0 aromatic carbocycles. The Hall–Kier alpha value is -0.830. The highest BCUT2D eigenvalue weighted by atomic mass is 15.2. The van der Waals surface area contributed by atoms with Gasteiger partial charge < -0.3 is 5.32 Å². The third-order valence-electron chi connectivity index (χ3n) is 2.73. The van der Waals surface area contributed by atoms with Crippen LogP contribution in [0.25, 0.3) is 0 Å². The van der Waals surface area contributed by atoms with Crippen LogP contribution in [-0.2, 0) is 7.05 Å². The molecule has 1 aliphatic carbocycles. The monoisotopic (exact) mass is 179 g/mol. The van der Waals surface area contributed by atoms with Gasteiger partial charge in [-0.2, -0.15) is 5.10 Å². The Kier molecular flexibility index (Phi) is 2.36. The lowest BCUT2D eigenvalue weighted by molar-refractivity contribution is 0.649. The fraction of sp³-hybridized carbons (Fsp3) is 0.700. The number of nitrogens with one attached hydrogen (secondary N) is 1. The number of nitrogens with zero attached hydrogens (tertiary/aromatic N) is 2. The smallest absolute Gasteiger partial charge is 0.0524 e. The highest BCUT2D eigenvalue weighted by Gasteiger charge is 2.38. The molecular weight excluding hydrogens is 162 g/mol. The van der Waals surface area contributed by atoms with E-state index in [-0.39, 0.29) is 0 Å². The summed E-state index contributed by atoms with van der Waals surface area (Å²) < 4.78 is 1.89. The minimum atomic E-state index is 0.771. The Bertz CT molecular complexity index is 279. The van der Waals surface area contributed by atoms with Crippen molar-refractivity contribution in [1.82, 2.24) is 15.1 Å². The second kappa shape index (κ2) is 3.50. The van der Waals surface area contributed by atoms with Crippen LogP contribution in [0.15, 0.2) is 12.4 Å². The van der Waals surface area contributed by atoms with Crippen molar-refractivity contribution >= 4 is 0 Å². The summed E-state index contributed by atoms with van der Waals surface area (Å²) in [4.78, 5) is 0. The molecule has 2 atom stereocenters. The molecule has 0 radical (unpaired) electrons. The van der Waals surface area contributed by atoms with Crippen LogP contribution >= 0.6 is 0 Å². The quantitative estimate of drug-likeness (QED) is 0.751. The van der Waals surface area contributed by atoms with Crippen molar-refractivity contribution in [3.05, 3.63) is 18.0 Å². The van der Waals surface area contributed by atoms with Crippen LogP contribution in [0.5, 0.6) is 0 Å². The number of hydrogen-bond acceptors (Lipinski definition) is 2. The summed E-state index contributed by atoms with van der Waals surface area (Å²) in [5.74, 6) is 1.62. The van der Waals surface area contributed by atoms with Crippen molar-refractivity contribution in [3.63, 3.8) is 0 Å². The van der Waals surface area contributed by atoms with Crippen molar-refractivity contribution in [1.29, 1.82) is 0 Å². The number of aryl methyl sites for hydroxylation is 1. The zero-order chi connectivity index (χ0) is 9.26. The molecule has 0 saturated heterocycles. The Morgan fingerprint density at radius 3 is 3.15 bits per heavy atom. The first kappa shape index (κ1) is 8.75. The van der Waals surface area contributed by atoms with Gasteiger partial charge in [-0.15, -0.1) is 0 Å². The largest absolute Gasteiger partial charge is 0.317 e. The molecule has 1 heterocycles. The second-order valence-corrected chi connectivity index (χ2v) is 3.86. The lowest BCUT2D eigenvalue weighted by Gasteiger charge is -1.98. The van der Waals surface area contributed by atoms with E-state index in [1.165, 1.54) is 12.0 Å². The maximum atomic E-state index is 4.19. The first-order chi connectivity index (χ1) is 6.31. The summed E-state index contributed by atoms with van der Waals surface area (Å²) in [5.41, 5.74) is 1.41. The van der Waals surface area contributed by atoms with E-state index in [1.54, 1.807) is 0 Å². The van der Waals surface area contributed by atoms with Gasteiger partial charge in [0.25, 0.3) is 0 Å². The summed E-state index contributed by atoms with van der Waals surface area (Å²) >= 11 is 0. The van der Waals surface area contributed by atoms with Gasteiger partial charge >= 0.3 is 0 Å². The van der Waals surface area contributed by atoms with Crippen molar-refractivity contribution in [3.8, 4) is 0 Å². The maximum absolute atomic E-state index is 4.19. The standard InChI is InChI=1S/C10H17N3/c1-3-11-5-8-4-10(8)9-6-12-13(2)7-9/h6-8,10-11H,3-5H2,1-2H3. The van der Waals surface area contributed by atoms with E-state index in [2.05, 4.69) is 23.5 Å². The molecule has 0 amide bonds. The molecule has 13 heavy (non-hydrogen) atoms. The molecule has 1 N–H and O–H groups in total. The molecule has 3 nitrogen and oxygen atoms in total. The van der Waals surface area contributed by atoms with Crippen molar-refractivity contribution in [2.45, 2.75) is 19.3 Å². The molecule has 1 saturated carbocycles. The number of aromatic nitrogens is 2. The zero-order valence-corrected chi connectivity index (χ0v) is 8.33. The zero-order valence-electron chi connectivity index (χ0n) is 8.33. The molecule has 3 heteroatoms. The minimum Gasteiger partial charge on any atom is -0.317 e. The average molecular weight is 179 g/mol. The van der Waals surface area contributed by atoms with E-state index >= 15 is 0 Å². The molecule has 72 valence electrons. The fourth-order valence-electron chi connectivity index (χ4n) is 1.84. The van der Waals surface area contributed by atoms with E-state index in [1.807, 2.05) is 17.9 Å². The summed E-state index contributed by atoms with van der Waals surface area (Å²) in [5, 5.41) is 7.58. The van der Waals surface area contributed by atoms with Crippen LogP contribution in [0.1, 0.15) is 24.8 Å². The number of rotatable bonds is 4. The topological polar surface area (TPSA) is 29.9 Å². The van der Waals surface area contributed by atoms with E-state index < -0.39 is 0 Å². The summed E-state index contributed by atoms with van der Waals surface area (Å²) in [6, 6.07) is 0. The van der Waals surface area contributed by atoms with Crippen LogP contribution in [-0.4, -0.2) is 22.9 Å². The second-order valence-electron chi connectivity index (χ2n) is 3.86. The van der Waals surface area contributed by atoms with Gasteiger partial charge in [0.05, 0.1) is 6.20 Å². The van der Waals surface area contributed by atoms with E-state index in [0.29, 0.717) is 0 Å². The van der Waals surface area contributed by atoms with Gasteiger partial charge in [0.2, 0.25) is 0 Å². The molecule has 2 unspecified atom stereocenters. The predicted molar refractivity (Wildman–Crippen MR) is 52.6 cm³/mol. The lowest BCUT2D eigenvalue weighted by Crippen LogP contribution is -2.16. The van der Waals surface area contributed by atoms with Crippen LogP contribution < -0.4 is 5.32 Å². The summed E-state index contributed by atoms with van der Waals surface area (Å²) in [6.45, 7) is 4.40. The minimum absolute atomic E-state index is 0.771. The number of hydrogen-bond donors (Lipinski definition) is 1. The van der Waals surface area contributed by atoms with Gasteiger partial charge in [0.15, 0.2) is 0 Å². The molecule has 1 aromatic rings. The van der Waals surface area contributed by atoms with Gasteiger partial charge in [-0.25, -0.2) is 0 Å². The molecule has 0 spiro atoms. The molecule has 2 rings (SSSR count). The van der Waals surface area contributed by atoms with E-state index in [4.69, 9.17) is 0 Å². The lowest BCUT2D eigenvalue weighted by atomic mass is 10.2. The van der Waals surface area contributed by atoms with Gasteiger partial charge in [-0.3, -0.25) is 4.68 Å². The third-order valence-corrected chi connectivity index (χ3v) is 2.73. The Balaban J connectivity index is 1.85. The molecule has 1 fully saturated rings. The SMILES string of the molecule is CCNCC1CC1c1cnn(C)c1. The predicted octanol–water partition coefficient (Wildman–Crippen LogP) is 1.13. The Morgan fingerprint density at radius 2 is 2.54 bits per heavy atom. The van der Waals surface area contributed by atoms with E-state index in [9.17, 15) is 0 Å². The van der Waals surface area contributed by atoms with Crippen LogP contribution in [0.2, 0.25) is 0 Å². The van der Waals surface area contributed by atoms with Gasteiger partial charge in [0, 0.05) is 13.2 Å². The Morgan fingerprint density at radius 1 is 1.69 bits per heavy atom. The molecular formula is C10H17N3. The van der Waals surface area contributed by atoms with Crippen LogP contribution in [0.4, 0.5) is 0 Å². The molecule has 0 aliphatic heterocycles. The van der Waals surface area contributed by atoms with Gasteiger partial charge in [-0.1, -0.05) is 6.92 Å². The first-order valence-corrected chi connectivity index (χ1v) is 5.00. The molecule has 0 bridgehead atoms. The highest BCUT2D eigenvalue weighted by Crippen LogP contribution is 2.46. The normalized spacial score (nSPS) is 26.3. The van der Waals surface area contributed by atoms with E-state index in [0.717, 1.165) is 24.9 Å². The van der Waals surface area contributed by atoms with Crippen molar-refractivity contribution in [2.24, 2.45) is 13.0 Å². The summed E-state index contributed by atoms with van der Waals surface area (Å²) in [6.07, 6.45) is 5.46. The Labute approximate surface area is 79.1 Å². The third kappa shape index (κ3) is 1.91. The van der Waals surface area contributed by atoms with Gasteiger partial charge in [-0.05, 0) is 36.9 Å². The first-order valence-electron chi connectivity index (χ1n) is 5.00. The van der Waals surface area contributed by atoms with Crippen LogP contribution in [0.3, 0.4) is 0 Å². The van der Waals surface area contributed by atoms with Crippen molar-refractivity contribution < 1.29 is 0 Å². The summed E-state index contributed by atoms with van der Waals surface area (Å²) in [7, 11) is 1.98. The highest BCUT2D eigenvalue weighted by molar-refractivity contribution is 5.20.